The van der Waals surface area contributed by atoms with Crippen LogP contribution in [0.2, 0.25) is 0 Å². The van der Waals surface area contributed by atoms with Crippen molar-refractivity contribution in [2.24, 2.45) is 0 Å². The Labute approximate surface area is 117 Å². The molecule has 0 bridgehead atoms. The number of carbonyl (C=O) groups excluding carboxylic acids is 2. The van der Waals surface area contributed by atoms with Gasteiger partial charge in [0.2, 0.25) is 11.8 Å². The van der Waals surface area contributed by atoms with Crippen LogP contribution in [-0.2, 0) is 14.3 Å². The van der Waals surface area contributed by atoms with E-state index in [0.717, 1.165) is 19.4 Å². The van der Waals surface area contributed by atoms with E-state index in [1.165, 1.54) is 7.11 Å². The Hall–Kier alpha value is -1.92. The molecule has 1 atom stereocenters. The number of hydrogen-bond acceptors (Lipinski definition) is 4. The Kier molecular flexibility index (Phi) is 5.09. The number of carbonyl (C=O) groups is 2. The van der Waals surface area contributed by atoms with Crippen LogP contribution in [-0.4, -0.2) is 38.1 Å². The quantitative estimate of drug-likeness (QED) is 0.749. The zero-order chi connectivity index (χ0) is 14.4. The standard InChI is InChI=1S/C14H19N3O3/c1-20-9-13(18)16-10-4-2-5-11(8-10)17-14(19)12-6-3-7-15-12/h2,4-5,8,12,15H,3,6-7,9H2,1H3,(H,16,18)(H,17,19). The molecule has 1 aromatic rings. The van der Waals surface area contributed by atoms with Crippen LogP contribution in [0.25, 0.3) is 0 Å². The van der Waals surface area contributed by atoms with Gasteiger partial charge in [0.1, 0.15) is 6.61 Å². The van der Waals surface area contributed by atoms with Gasteiger partial charge in [-0.1, -0.05) is 6.07 Å². The van der Waals surface area contributed by atoms with Crippen LogP contribution in [0.4, 0.5) is 11.4 Å². The lowest BCUT2D eigenvalue weighted by Crippen LogP contribution is -2.35. The van der Waals surface area contributed by atoms with E-state index in [9.17, 15) is 9.59 Å². The molecule has 2 amide bonds. The number of hydrogen-bond donors (Lipinski definition) is 3. The van der Waals surface area contributed by atoms with E-state index in [4.69, 9.17) is 4.74 Å². The number of rotatable bonds is 5. The van der Waals surface area contributed by atoms with Crippen LogP contribution in [0.3, 0.4) is 0 Å². The third kappa shape index (κ3) is 4.04. The van der Waals surface area contributed by atoms with Crippen LogP contribution in [0.15, 0.2) is 24.3 Å². The summed E-state index contributed by atoms with van der Waals surface area (Å²) in [6.45, 7) is 0.883. The summed E-state index contributed by atoms with van der Waals surface area (Å²) < 4.78 is 4.75. The van der Waals surface area contributed by atoms with Crippen molar-refractivity contribution in [3.05, 3.63) is 24.3 Å². The molecule has 1 unspecified atom stereocenters. The predicted octanol–water partition coefficient (Wildman–Crippen LogP) is 0.962. The van der Waals surface area contributed by atoms with Gasteiger partial charge in [-0.05, 0) is 37.6 Å². The van der Waals surface area contributed by atoms with Crippen LogP contribution in [0.5, 0.6) is 0 Å². The molecule has 6 nitrogen and oxygen atoms in total. The first kappa shape index (κ1) is 14.5. The second-order valence-corrected chi connectivity index (χ2v) is 4.70. The maximum absolute atomic E-state index is 12.0. The lowest BCUT2D eigenvalue weighted by atomic mass is 10.2. The SMILES string of the molecule is COCC(=O)Nc1cccc(NC(=O)C2CCCN2)c1. The summed E-state index contributed by atoms with van der Waals surface area (Å²) >= 11 is 0. The van der Waals surface area contributed by atoms with E-state index in [-0.39, 0.29) is 24.5 Å². The van der Waals surface area contributed by atoms with E-state index in [1.54, 1.807) is 24.3 Å². The average molecular weight is 277 g/mol. The van der Waals surface area contributed by atoms with E-state index in [2.05, 4.69) is 16.0 Å². The Morgan fingerprint density at radius 3 is 2.75 bits per heavy atom. The minimum absolute atomic E-state index is 0.00256. The number of anilines is 2. The fourth-order valence-electron chi connectivity index (χ4n) is 2.14. The molecule has 1 heterocycles. The molecule has 1 aliphatic heterocycles. The molecule has 0 radical (unpaired) electrons. The molecule has 0 saturated carbocycles. The summed E-state index contributed by atoms with van der Waals surface area (Å²) in [7, 11) is 1.46. The lowest BCUT2D eigenvalue weighted by molar-refractivity contribution is -0.119. The van der Waals surface area contributed by atoms with Crippen LogP contribution in [0, 0.1) is 0 Å². The van der Waals surface area contributed by atoms with E-state index >= 15 is 0 Å². The number of benzene rings is 1. The highest BCUT2D eigenvalue weighted by Gasteiger charge is 2.21. The second kappa shape index (κ2) is 7.02. The Morgan fingerprint density at radius 2 is 2.10 bits per heavy atom. The van der Waals surface area contributed by atoms with Crippen molar-refractivity contribution in [1.29, 1.82) is 0 Å². The van der Waals surface area contributed by atoms with Crippen LogP contribution in [0.1, 0.15) is 12.8 Å². The molecule has 1 fully saturated rings. The summed E-state index contributed by atoms with van der Waals surface area (Å²) in [4.78, 5) is 23.4. The molecule has 108 valence electrons. The molecule has 1 aliphatic rings. The Morgan fingerprint density at radius 1 is 1.35 bits per heavy atom. The molecule has 0 aliphatic carbocycles. The zero-order valence-electron chi connectivity index (χ0n) is 11.4. The summed E-state index contributed by atoms with van der Waals surface area (Å²) in [5, 5.41) is 8.68. The highest BCUT2D eigenvalue weighted by atomic mass is 16.5. The molecule has 6 heteroatoms. The summed E-state index contributed by atoms with van der Waals surface area (Å²) in [5.74, 6) is -0.267. The van der Waals surface area contributed by atoms with Crippen LogP contribution < -0.4 is 16.0 Å². The van der Waals surface area contributed by atoms with Crippen LogP contribution >= 0.6 is 0 Å². The fourth-order valence-corrected chi connectivity index (χ4v) is 2.14. The highest BCUT2D eigenvalue weighted by molar-refractivity contribution is 5.96. The third-order valence-corrected chi connectivity index (χ3v) is 3.07. The maximum Gasteiger partial charge on any atom is 0.250 e. The van der Waals surface area contributed by atoms with Crippen molar-refractivity contribution >= 4 is 23.2 Å². The molecule has 0 spiro atoms. The summed E-state index contributed by atoms with van der Waals surface area (Å²) in [5.41, 5.74) is 1.29. The van der Waals surface area contributed by atoms with E-state index in [1.807, 2.05) is 0 Å². The van der Waals surface area contributed by atoms with Gasteiger partial charge >= 0.3 is 0 Å². The smallest absolute Gasteiger partial charge is 0.250 e. The van der Waals surface area contributed by atoms with Crippen molar-refractivity contribution < 1.29 is 14.3 Å². The maximum atomic E-state index is 12.0. The normalized spacial score (nSPS) is 17.8. The van der Waals surface area contributed by atoms with Gasteiger partial charge < -0.3 is 20.7 Å². The van der Waals surface area contributed by atoms with E-state index in [0.29, 0.717) is 11.4 Å². The zero-order valence-corrected chi connectivity index (χ0v) is 11.4. The molecule has 1 saturated heterocycles. The molecule has 20 heavy (non-hydrogen) atoms. The minimum Gasteiger partial charge on any atom is -0.375 e. The molecular formula is C14H19N3O3. The lowest BCUT2D eigenvalue weighted by Gasteiger charge is -2.12. The van der Waals surface area contributed by atoms with Crippen molar-refractivity contribution in [2.45, 2.75) is 18.9 Å². The van der Waals surface area contributed by atoms with Gasteiger partial charge in [0.15, 0.2) is 0 Å². The molecular weight excluding hydrogens is 258 g/mol. The monoisotopic (exact) mass is 277 g/mol. The Bertz CT molecular complexity index is 484. The first-order valence-electron chi connectivity index (χ1n) is 6.62. The van der Waals surface area contributed by atoms with Gasteiger partial charge in [0.05, 0.1) is 6.04 Å². The summed E-state index contributed by atoms with van der Waals surface area (Å²) in [6.07, 6.45) is 1.88. The largest absolute Gasteiger partial charge is 0.375 e. The minimum atomic E-state index is -0.228. The molecule has 1 aromatic carbocycles. The van der Waals surface area contributed by atoms with Gasteiger partial charge in [-0.2, -0.15) is 0 Å². The van der Waals surface area contributed by atoms with E-state index < -0.39 is 0 Å². The number of amides is 2. The van der Waals surface area contributed by atoms with Gasteiger partial charge in [-0.15, -0.1) is 0 Å². The van der Waals surface area contributed by atoms with Crippen molar-refractivity contribution in [3.8, 4) is 0 Å². The third-order valence-electron chi connectivity index (χ3n) is 3.07. The van der Waals surface area contributed by atoms with Gasteiger partial charge in [0, 0.05) is 18.5 Å². The van der Waals surface area contributed by atoms with Crippen molar-refractivity contribution in [2.75, 3.05) is 30.9 Å². The van der Waals surface area contributed by atoms with Gasteiger partial charge in [0.25, 0.3) is 0 Å². The first-order chi connectivity index (χ1) is 9.69. The average Bonchev–Trinajstić information content (AvgIpc) is 2.93. The number of ether oxygens (including phenoxy) is 1. The molecule has 3 N–H and O–H groups in total. The summed E-state index contributed by atoms with van der Waals surface area (Å²) in [6, 6.07) is 6.93. The molecule has 2 rings (SSSR count). The highest BCUT2D eigenvalue weighted by Crippen LogP contribution is 2.16. The second-order valence-electron chi connectivity index (χ2n) is 4.70. The van der Waals surface area contributed by atoms with Gasteiger partial charge in [-0.25, -0.2) is 0 Å². The van der Waals surface area contributed by atoms with Crippen molar-refractivity contribution in [1.82, 2.24) is 5.32 Å². The van der Waals surface area contributed by atoms with Gasteiger partial charge in [-0.3, -0.25) is 9.59 Å². The topological polar surface area (TPSA) is 79.5 Å². The number of methoxy groups -OCH3 is 1. The molecule has 0 aromatic heterocycles. The Balaban J connectivity index is 1.95. The number of nitrogens with one attached hydrogen (secondary N) is 3. The first-order valence-corrected chi connectivity index (χ1v) is 6.62. The van der Waals surface area contributed by atoms with Crippen molar-refractivity contribution in [3.63, 3.8) is 0 Å². The fraction of sp³-hybridized carbons (Fsp3) is 0.429. The predicted molar refractivity (Wildman–Crippen MR) is 76.6 cm³/mol.